The van der Waals surface area contributed by atoms with Gasteiger partial charge in [0.25, 0.3) is 0 Å². The number of halogens is 2. The van der Waals surface area contributed by atoms with Crippen molar-refractivity contribution in [1.29, 1.82) is 0 Å². The summed E-state index contributed by atoms with van der Waals surface area (Å²) in [4.78, 5) is 14.5. The first-order valence-corrected chi connectivity index (χ1v) is 10.4. The lowest BCUT2D eigenvalue weighted by molar-refractivity contribution is -0.123. The van der Waals surface area contributed by atoms with Crippen molar-refractivity contribution in [3.63, 3.8) is 0 Å². The second-order valence-electron chi connectivity index (χ2n) is 7.04. The number of benzene rings is 3. The lowest BCUT2D eigenvalue weighted by Crippen LogP contribution is -2.57. The molecule has 0 aliphatic carbocycles. The number of thioether (sulfide) groups is 1. The standard InChI is InChI=1S/C23H19F2NO3S/c24-16-5-1-14(2-6-16)20(28)13-30-22-21(15-3-11-19(27)12-4-15)26(23(22)29)18-9-7-17(25)8-10-18/h1-12,20-22,27-28H,13H2/t20?,21-,22+/m1/s1. The van der Waals surface area contributed by atoms with Crippen molar-refractivity contribution < 1.29 is 23.8 Å². The normalized spacial score (nSPS) is 19.4. The Morgan fingerprint density at radius 3 is 2.07 bits per heavy atom. The zero-order valence-electron chi connectivity index (χ0n) is 15.8. The van der Waals surface area contributed by atoms with Crippen molar-refractivity contribution in [3.05, 3.63) is 95.6 Å². The summed E-state index contributed by atoms with van der Waals surface area (Å²) in [5.74, 6) is -0.533. The van der Waals surface area contributed by atoms with Crippen molar-refractivity contribution >= 4 is 23.4 Å². The molecule has 0 bridgehead atoms. The van der Waals surface area contributed by atoms with E-state index >= 15 is 0 Å². The van der Waals surface area contributed by atoms with Crippen LogP contribution in [0, 0.1) is 11.6 Å². The highest BCUT2D eigenvalue weighted by Crippen LogP contribution is 2.46. The van der Waals surface area contributed by atoms with Crippen LogP contribution in [0.3, 0.4) is 0 Å². The number of amides is 1. The monoisotopic (exact) mass is 427 g/mol. The molecule has 3 atom stereocenters. The van der Waals surface area contributed by atoms with Crippen LogP contribution in [0.5, 0.6) is 5.75 Å². The first kappa shape index (κ1) is 20.4. The molecule has 1 aliphatic rings. The molecule has 1 amide bonds. The summed E-state index contributed by atoms with van der Waals surface area (Å²) < 4.78 is 26.4. The molecule has 0 aromatic heterocycles. The average Bonchev–Trinajstić information content (AvgIpc) is 2.74. The smallest absolute Gasteiger partial charge is 0.243 e. The molecule has 30 heavy (non-hydrogen) atoms. The third-order valence-corrected chi connectivity index (χ3v) is 6.40. The number of rotatable bonds is 6. The molecule has 3 aromatic carbocycles. The molecule has 1 saturated heterocycles. The first-order valence-electron chi connectivity index (χ1n) is 9.37. The Kier molecular flexibility index (Phi) is 5.74. The van der Waals surface area contributed by atoms with Gasteiger partial charge in [0, 0.05) is 11.4 Å². The van der Waals surface area contributed by atoms with Gasteiger partial charge in [0.15, 0.2) is 0 Å². The number of aliphatic hydroxyl groups is 1. The van der Waals surface area contributed by atoms with E-state index < -0.39 is 11.4 Å². The second kappa shape index (κ2) is 8.45. The minimum absolute atomic E-state index is 0.119. The highest BCUT2D eigenvalue weighted by Gasteiger charge is 2.49. The molecular formula is C23H19F2NO3S. The number of β-lactam (4-membered cyclic amide) rings is 1. The Bertz CT molecular complexity index is 1030. The Hall–Kier alpha value is -2.90. The summed E-state index contributed by atoms with van der Waals surface area (Å²) in [6.45, 7) is 0. The van der Waals surface area contributed by atoms with Gasteiger partial charge in [0.1, 0.15) is 22.6 Å². The van der Waals surface area contributed by atoms with Gasteiger partial charge >= 0.3 is 0 Å². The maximum atomic E-state index is 13.3. The maximum absolute atomic E-state index is 13.3. The molecule has 0 saturated carbocycles. The van der Waals surface area contributed by atoms with Crippen LogP contribution in [0.4, 0.5) is 14.5 Å². The number of phenolic OH excluding ortho intramolecular Hbond substituents is 1. The predicted octanol–water partition coefficient (Wildman–Crippen LogP) is 4.59. The average molecular weight is 427 g/mol. The lowest BCUT2D eigenvalue weighted by Gasteiger charge is -2.47. The Labute approximate surface area is 176 Å². The molecule has 0 spiro atoms. The third-order valence-electron chi connectivity index (χ3n) is 5.07. The van der Waals surface area contributed by atoms with Crippen LogP contribution in [-0.4, -0.2) is 27.1 Å². The molecule has 1 unspecified atom stereocenters. The largest absolute Gasteiger partial charge is 0.508 e. The summed E-state index contributed by atoms with van der Waals surface area (Å²) >= 11 is 1.32. The molecule has 3 aromatic rings. The zero-order chi connectivity index (χ0) is 21.3. The van der Waals surface area contributed by atoms with Gasteiger partial charge in [-0.2, -0.15) is 0 Å². The molecule has 1 heterocycles. The van der Waals surface area contributed by atoms with E-state index in [1.54, 1.807) is 41.3 Å². The number of aliphatic hydroxyl groups excluding tert-OH is 1. The fourth-order valence-corrected chi connectivity index (χ4v) is 4.79. The zero-order valence-corrected chi connectivity index (χ0v) is 16.6. The number of phenols is 1. The molecule has 2 N–H and O–H groups in total. The van der Waals surface area contributed by atoms with Gasteiger partial charge in [0.2, 0.25) is 5.91 Å². The molecule has 4 nitrogen and oxygen atoms in total. The molecule has 0 radical (unpaired) electrons. The van der Waals surface area contributed by atoms with E-state index in [-0.39, 0.29) is 35.1 Å². The van der Waals surface area contributed by atoms with E-state index in [4.69, 9.17) is 0 Å². The van der Waals surface area contributed by atoms with Crippen LogP contribution in [0.15, 0.2) is 72.8 Å². The van der Waals surface area contributed by atoms with E-state index in [0.29, 0.717) is 11.3 Å². The SMILES string of the molecule is O=C1[C@@H](SCC(O)c2ccc(F)cc2)[C@@H](c2ccc(O)cc2)N1c1ccc(F)cc1. The van der Waals surface area contributed by atoms with Crippen molar-refractivity contribution in [1.82, 2.24) is 0 Å². The highest BCUT2D eigenvalue weighted by atomic mass is 32.2. The quantitative estimate of drug-likeness (QED) is 0.565. The molecule has 1 fully saturated rings. The van der Waals surface area contributed by atoms with Gasteiger partial charge in [-0.15, -0.1) is 11.8 Å². The Balaban J connectivity index is 1.55. The van der Waals surface area contributed by atoms with Gasteiger partial charge in [-0.3, -0.25) is 4.79 Å². The number of aromatic hydroxyl groups is 1. The van der Waals surface area contributed by atoms with Crippen LogP contribution in [0.1, 0.15) is 23.3 Å². The Morgan fingerprint density at radius 1 is 0.900 bits per heavy atom. The number of hydrogen-bond acceptors (Lipinski definition) is 4. The van der Waals surface area contributed by atoms with Gasteiger partial charge in [-0.25, -0.2) is 8.78 Å². The molecule has 7 heteroatoms. The highest BCUT2D eigenvalue weighted by molar-refractivity contribution is 8.00. The number of hydrogen-bond donors (Lipinski definition) is 2. The predicted molar refractivity (Wildman–Crippen MR) is 112 cm³/mol. The number of carbonyl (C=O) groups excluding carboxylic acids is 1. The van der Waals surface area contributed by atoms with Crippen molar-refractivity contribution in [2.75, 3.05) is 10.7 Å². The van der Waals surface area contributed by atoms with E-state index in [1.165, 1.54) is 48.2 Å². The fraction of sp³-hybridized carbons (Fsp3) is 0.174. The minimum atomic E-state index is -0.844. The molecule has 4 rings (SSSR count). The maximum Gasteiger partial charge on any atom is 0.243 e. The third kappa shape index (κ3) is 4.04. The van der Waals surface area contributed by atoms with Crippen molar-refractivity contribution in [3.8, 4) is 5.75 Å². The summed E-state index contributed by atoms with van der Waals surface area (Å²) in [7, 11) is 0. The van der Waals surface area contributed by atoms with Crippen molar-refractivity contribution in [2.45, 2.75) is 17.4 Å². The topological polar surface area (TPSA) is 60.8 Å². The molecular weight excluding hydrogens is 408 g/mol. The lowest BCUT2D eigenvalue weighted by atomic mass is 9.92. The summed E-state index contributed by atoms with van der Waals surface area (Å²) in [5.41, 5.74) is 1.98. The summed E-state index contributed by atoms with van der Waals surface area (Å²) in [6.07, 6.45) is -0.844. The van der Waals surface area contributed by atoms with Crippen molar-refractivity contribution in [2.24, 2.45) is 0 Å². The van der Waals surface area contributed by atoms with Crippen LogP contribution in [-0.2, 0) is 4.79 Å². The Morgan fingerprint density at radius 2 is 1.47 bits per heavy atom. The second-order valence-corrected chi connectivity index (χ2v) is 8.22. The van der Waals surface area contributed by atoms with Gasteiger partial charge in [-0.1, -0.05) is 24.3 Å². The molecule has 154 valence electrons. The van der Waals surface area contributed by atoms with Gasteiger partial charge in [0.05, 0.1) is 12.1 Å². The first-order chi connectivity index (χ1) is 14.4. The van der Waals surface area contributed by atoms with E-state index in [2.05, 4.69) is 0 Å². The van der Waals surface area contributed by atoms with E-state index in [9.17, 15) is 23.8 Å². The summed E-state index contributed by atoms with van der Waals surface area (Å²) in [5, 5.41) is 19.6. The van der Waals surface area contributed by atoms with Crippen LogP contribution in [0.2, 0.25) is 0 Å². The number of anilines is 1. The van der Waals surface area contributed by atoms with Crippen LogP contribution >= 0.6 is 11.8 Å². The van der Waals surface area contributed by atoms with Gasteiger partial charge in [-0.05, 0) is 59.7 Å². The van der Waals surface area contributed by atoms with E-state index in [0.717, 1.165) is 5.56 Å². The van der Waals surface area contributed by atoms with Crippen LogP contribution < -0.4 is 4.90 Å². The number of carbonyl (C=O) groups is 1. The minimum Gasteiger partial charge on any atom is -0.508 e. The number of nitrogens with zero attached hydrogens (tertiary/aromatic N) is 1. The van der Waals surface area contributed by atoms with Crippen LogP contribution in [0.25, 0.3) is 0 Å². The summed E-state index contributed by atoms with van der Waals surface area (Å²) in [6, 6.07) is 17.6. The molecule has 1 aliphatic heterocycles. The van der Waals surface area contributed by atoms with Gasteiger partial charge < -0.3 is 15.1 Å². The van der Waals surface area contributed by atoms with E-state index in [1.807, 2.05) is 0 Å². The fourth-order valence-electron chi connectivity index (χ4n) is 3.49.